The van der Waals surface area contributed by atoms with Crippen LogP contribution in [0.2, 0.25) is 0 Å². The van der Waals surface area contributed by atoms with Crippen molar-refractivity contribution in [2.24, 2.45) is 5.73 Å². The third kappa shape index (κ3) is 2.62. The molecule has 3 rings (SSSR count). The summed E-state index contributed by atoms with van der Waals surface area (Å²) in [6.45, 7) is 2.64. The molecule has 4 heteroatoms. The van der Waals surface area contributed by atoms with Crippen molar-refractivity contribution in [1.29, 1.82) is 0 Å². The number of rotatable bonds is 5. The number of likely N-dealkylation sites (N-methyl/N-ethyl adjacent to an activating group) is 1. The van der Waals surface area contributed by atoms with Crippen LogP contribution >= 0.6 is 0 Å². The van der Waals surface area contributed by atoms with Gasteiger partial charge in [0.25, 0.3) is 0 Å². The molecule has 0 aromatic heterocycles. The molecule has 2 N–H and O–H groups in total. The van der Waals surface area contributed by atoms with E-state index in [2.05, 4.69) is 24.1 Å². The molecule has 1 saturated carbocycles. The third-order valence-corrected chi connectivity index (χ3v) is 5.04. The summed E-state index contributed by atoms with van der Waals surface area (Å²) in [6.07, 6.45) is 5.07. The lowest BCUT2D eigenvalue weighted by molar-refractivity contribution is 0.0353. The van der Waals surface area contributed by atoms with E-state index in [1.54, 1.807) is 7.11 Å². The largest absolute Gasteiger partial charge is 0.493 e. The molecule has 116 valence electrons. The molecule has 0 unspecified atom stereocenters. The van der Waals surface area contributed by atoms with Gasteiger partial charge in [0.1, 0.15) is 6.10 Å². The number of benzene rings is 1. The predicted octanol–water partition coefficient (Wildman–Crippen LogP) is 2.16. The molecule has 0 spiro atoms. The van der Waals surface area contributed by atoms with E-state index in [0.717, 1.165) is 37.4 Å². The Morgan fingerprint density at radius 3 is 2.57 bits per heavy atom. The molecule has 0 amide bonds. The van der Waals surface area contributed by atoms with Crippen LogP contribution < -0.4 is 15.2 Å². The minimum absolute atomic E-state index is 0.0690. The molecule has 1 aliphatic carbocycles. The van der Waals surface area contributed by atoms with Crippen molar-refractivity contribution in [1.82, 2.24) is 4.90 Å². The van der Waals surface area contributed by atoms with E-state index in [0.29, 0.717) is 6.54 Å². The van der Waals surface area contributed by atoms with Gasteiger partial charge in [-0.3, -0.25) is 4.90 Å². The highest BCUT2D eigenvalue weighted by molar-refractivity contribution is 5.51. The van der Waals surface area contributed by atoms with Crippen LogP contribution in [0.25, 0.3) is 0 Å². The number of ether oxygens (including phenoxy) is 2. The first-order chi connectivity index (χ1) is 10.2. The van der Waals surface area contributed by atoms with Crippen LogP contribution in [0.3, 0.4) is 0 Å². The van der Waals surface area contributed by atoms with Crippen molar-refractivity contribution in [3.05, 3.63) is 23.8 Å². The smallest absolute Gasteiger partial charge is 0.165 e. The molecule has 0 bridgehead atoms. The Kier molecular flexibility index (Phi) is 4.09. The lowest BCUT2D eigenvalue weighted by atomic mass is 9.78. The molecule has 1 aromatic rings. The van der Waals surface area contributed by atoms with Gasteiger partial charge >= 0.3 is 0 Å². The van der Waals surface area contributed by atoms with Gasteiger partial charge in [0, 0.05) is 30.6 Å². The maximum Gasteiger partial charge on any atom is 0.165 e. The molecule has 4 nitrogen and oxygen atoms in total. The van der Waals surface area contributed by atoms with E-state index in [9.17, 15) is 0 Å². The number of para-hydroxylation sites is 1. The first kappa shape index (κ1) is 14.7. The second-order valence-corrected chi connectivity index (χ2v) is 6.49. The summed E-state index contributed by atoms with van der Waals surface area (Å²) < 4.78 is 11.8. The number of likely N-dealkylation sites (tertiary alicyclic amines) is 1. The fourth-order valence-corrected chi connectivity index (χ4v) is 3.73. The van der Waals surface area contributed by atoms with E-state index in [-0.39, 0.29) is 11.5 Å². The van der Waals surface area contributed by atoms with E-state index in [1.807, 2.05) is 6.07 Å². The molecule has 21 heavy (non-hydrogen) atoms. The summed E-state index contributed by atoms with van der Waals surface area (Å²) in [4.78, 5) is 2.26. The van der Waals surface area contributed by atoms with Crippen LogP contribution in [-0.4, -0.2) is 44.8 Å². The molecule has 1 heterocycles. The molecule has 0 atom stereocenters. The van der Waals surface area contributed by atoms with Crippen molar-refractivity contribution < 1.29 is 9.47 Å². The maximum absolute atomic E-state index is 6.29. The minimum Gasteiger partial charge on any atom is -0.493 e. The van der Waals surface area contributed by atoms with Gasteiger partial charge in [0.05, 0.1) is 7.11 Å². The number of methoxy groups -OCH3 is 1. The summed E-state index contributed by atoms with van der Waals surface area (Å²) in [7, 11) is 3.82. The quantitative estimate of drug-likeness (QED) is 0.903. The Hall–Kier alpha value is -1.26. The highest BCUT2D eigenvalue weighted by atomic mass is 16.5. The Morgan fingerprint density at radius 2 is 2.00 bits per heavy atom. The lowest BCUT2D eigenvalue weighted by Gasteiger charge is -2.38. The molecular weight excluding hydrogens is 264 g/mol. The van der Waals surface area contributed by atoms with Crippen molar-refractivity contribution in [3.63, 3.8) is 0 Å². The van der Waals surface area contributed by atoms with Crippen LogP contribution in [0.5, 0.6) is 11.5 Å². The molecule has 2 aliphatic rings. The van der Waals surface area contributed by atoms with E-state index in [4.69, 9.17) is 15.2 Å². The number of hydrogen-bond acceptors (Lipinski definition) is 4. The minimum atomic E-state index is 0.0690. The average Bonchev–Trinajstić information content (AvgIpc) is 2.95. The van der Waals surface area contributed by atoms with Crippen LogP contribution in [0.1, 0.15) is 31.2 Å². The fraction of sp³-hybridized carbons (Fsp3) is 0.647. The Balaban J connectivity index is 1.95. The fourth-order valence-electron chi connectivity index (χ4n) is 3.73. The summed E-state index contributed by atoms with van der Waals surface area (Å²) in [5.41, 5.74) is 7.47. The third-order valence-electron chi connectivity index (χ3n) is 5.04. The van der Waals surface area contributed by atoms with E-state index in [1.165, 1.54) is 18.4 Å². The normalized spacial score (nSPS) is 22.0. The van der Waals surface area contributed by atoms with Gasteiger partial charge in [0.2, 0.25) is 0 Å². The van der Waals surface area contributed by atoms with Crippen LogP contribution in [0, 0.1) is 0 Å². The van der Waals surface area contributed by atoms with Crippen LogP contribution in [0.15, 0.2) is 18.2 Å². The Morgan fingerprint density at radius 1 is 1.29 bits per heavy atom. The SMILES string of the molecule is COc1cccc(C2(CN)CCCC2)c1OC1CN(C)C1. The van der Waals surface area contributed by atoms with Gasteiger partial charge in [-0.05, 0) is 26.0 Å². The average molecular weight is 290 g/mol. The van der Waals surface area contributed by atoms with Crippen LogP contribution in [0.4, 0.5) is 0 Å². The zero-order chi connectivity index (χ0) is 14.9. The highest BCUT2D eigenvalue weighted by Gasteiger charge is 2.38. The zero-order valence-corrected chi connectivity index (χ0v) is 13.1. The number of nitrogens with zero attached hydrogens (tertiary/aromatic N) is 1. The second-order valence-electron chi connectivity index (χ2n) is 6.49. The van der Waals surface area contributed by atoms with Crippen molar-refractivity contribution in [2.75, 3.05) is 33.8 Å². The number of nitrogens with two attached hydrogens (primary N) is 1. The molecule has 1 aromatic carbocycles. The zero-order valence-electron chi connectivity index (χ0n) is 13.1. The van der Waals surface area contributed by atoms with Crippen molar-refractivity contribution >= 4 is 0 Å². The predicted molar refractivity (Wildman–Crippen MR) is 84.1 cm³/mol. The van der Waals surface area contributed by atoms with Crippen LogP contribution in [-0.2, 0) is 5.41 Å². The summed E-state index contributed by atoms with van der Waals surface area (Å²) in [6, 6.07) is 6.22. The molecule has 0 radical (unpaired) electrons. The van der Waals surface area contributed by atoms with Gasteiger partial charge in [-0.15, -0.1) is 0 Å². The monoisotopic (exact) mass is 290 g/mol. The second kappa shape index (κ2) is 5.85. The lowest BCUT2D eigenvalue weighted by Crippen LogP contribution is -2.51. The summed E-state index contributed by atoms with van der Waals surface area (Å²) in [5.74, 6) is 1.76. The van der Waals surface area contributed by atoms with Gasteiger partial charge < -0.3 is 15.2 Å². The highest BCUT2D eigenvalue weighted by Crippen LogP contribution is 2.47. The first-order valence-electron chi connectivity index (χ1n) is 7.91. The topological polar surface area (TPSA) is 47.7 Å². The van der Waals surface area contributed by atoms with Gasteiger partial charge in [-0.1, -0.05) is 25.0 Å². The molecule has 2 fully saturated rings. The first-order valence-corrected chi connectivity index (χ1v) is 7.91. The maximum atomic E-state index is 6.29. The van der Waals surface area contributed by atoms with E-state index < -0.39 is 0 Å². The van der Waals surface area contributed by atoms with Gasteiger partial charge in [0.15, 0.2) is 11.5 Å². The van der Waals surface area contributed by atoms with Gasteiger partial charge in [-0.2, -0.15) is 0 Å². The van der Waals surface area contributed by atoms with Gasteiger partial charge in [-0.25, -0.2) is 0 Å². The Bertz CT molecular complexity index is 492. The summed E-state index contributed by atoms with van der Waals surface area (Å²) in [5, 5.41) is 0. The van der Waals surface area contributed by atoms with E-state index >= 15 is 0 Å². The molecule has 1 saturated heterocycles. The van der Waals surface area contributed by atoms with Crippen molar-refractivity contribution in [2.45, 2.75) is 37.2 Å². The van der Waals surface area contributed by atoms with Crippen molar-refractivity contribution in [3.8, 4) is 11.5 Å². The Labute approximate surface area is 127 Å². The standard InChI is InChI=1S/C17H26N2O2/c1-19-10-13(11-19)21-16-14(6-5-7-15(16)20-2)17(12-18)8-3-4-9-17/h5-7,13H,3-4,8-12,18H2,1-2H3. The summed E-state index contributed by atoms with van der Waals surface area (Å²) >= 11 is 0. The molecular formula is C17H26N2O2. The number of hydrogen-bond donors (Lipinski definition) is 1. The molecule has 1 aliphatic heterocycles.